The summed E-state index contributed by atoms with van der Waals surface area (Å²) in [6.07, 6.45) is 3.00. The molecule has 0 radical (unpaired) electrons. The van der Waals surface area contributed by atoms with Crippen molar-refractivity contribution in [1.29, 1.82) is 0 Å². The molecule has 2 amide bonds. The van der Waals surface area contributed by atoms with Gasteiger partial charge in [-0.3, -0.25) is 23.5 Å². The third-order valence-corrected chi connectivity index (χ3v) is 6.04. The molecule has 0 unspecified atom stereocenters. The number of amides is 2. The van der Waals surface area contributed by atoms with Crippen molar-refractivity contribution in [3.63, 3.8) is 0 Å². The minimum absolute atomic E-state index is 0.0497. The Labute approximate surface area is 211 Å². The first-order valence-electron chi connectivity index (χ1n) is 12.6. The molecule has 0 aliphatic heterocycles. The van der Waals surface area contributed by atoms with Crippen molar-refractivity contribution in [2.75, 3.05) is 0 Å². The Bertz CT molecular complexity index is 1290. The van der Waals surface area contributed by atoms with Gasteiger partial charge in [-0.05, 0) is 64.2 Å². The van der Waals surface area contributed by atoms with E-state index in [0.717, 1.165) is 12.8 Å². The number of rotatable bonds is 12. The maximum absolute atomic E-state index is 13.3. The van der Waals surface area contributed by atoms with Crippen molar-refractivity contribution in [2.45, 2.75) is 78.0 Å². The van der Waals surface area contributed by atoms with Gasteiger partial charge in [0.05, 0.1) is 10.9 Å². The first kappa shape index (κ1) is 26.9. The monoisotopic (exact) mass is 492 g/mol. The van der Waals surface area contributed by atoms with Crippen LogP contribution in [0.25, 0.3) is 10.9 Å². The standard InChI is InChI=1S/C28H36N4O4/c1-20(2)29-25(33)15-9-10-18-31-27(35)23-13-7-8-14-24(23)32(28(31)36)19-26(34)30-21(3)16-17-22-11-5-4-6-12-22/h4-8,11-14,20-21H,9-10,15-19H2,1-3H3,(H,29,33)(H,30,34)/t21-/m0/s1. The van der Waals surface area contributed by atoms with E-state index in [0.29, 0.717) is 30.2 Å². The van der Waals surface area contributed by atoms with Crippen molar-refractivity contribution in [3.8, 4) is 0 Å². The lowest BCUT2D eigenvalue weighted by Crippen LogP contribution is -2.44. The molecule has 0 spiro atoms. The van der Waals surface area contributed by atoms with Crippen LogP contribution in [0.5, 0.6) is 0 Å². The van der Waals surface area contributed by atoms with Crippen LogP contribution in [0.2, 0.25) is 0 Å². The molecule has 3 rings (SSSR count). The molecule has 36 heavy (non-hydrogen) atoms. The first-order valence-corrected chi connectivity index (χ1v) is 12.6. The molecule has 2 N–H and O–H groups in total. The molecule has 8 nitrogen and oxygen atoms in total. The van der Waals surface area contributed by atoms with Gasteiger partial charge in [0.15, 0.2) is 0 Å². The first-order chi connectivity index (χ1) is 17.3. The van der Waals surface area contributed by atoms with E-state index in [2.05, 4.69) is 22.8 Å². The van der Waals surface area contributed by atoms with Crippen molar-refractivity contribution in [2.24, 2.45) is 0 Å². The largest absolute Gasteiger partial charge is 0.354 e. The van der Waals surface area contributed by atoms with Crippen molar-refractivity contribution >= 4 is 22.7 Å². The summed E-state index contributed by atoms with van der Waals surface area (Å²) in [6.45, 7) is 5.75. The van der Waals surface area contributed by atoms with Crippen LogP contribution in [0.15, 0.2) is 64.2 Å². The smallest absolute Gasteiger partial charge is 0.331 e. The molecule has 0 saturated carbocycles. The van der Waals surface area contributed by atoms with Gasteiger partial charge in [0.2, 0.25) is 11.8 Å². The molecule has 0 fully saturated rings. The van der Waals surface area contributed by atoms with Crippen LogP contribution in [0.1, 0.15) is 52.0 Å². The molecule has 0 aliphatic rings. The van der Waals surface area contributed by atoms with Gasteiger partial charge in [-0.25, -0.2) is 4.79 Å². The van der Waals surface area contributed by atoms with Gasteiger partial charge in [0.25, 0.3) is 5.56 Å². The summed E-state index contributed by atoms with van der Waals surface area (Å²) in [4.78, 5) is 51.0. The number of hydrogen-bond donors (Lipinski definition) is 2. The average Bonchev–Trinajstić information content (AvgIpc) is 2.85. The summed E-state index contributed by atoms with van der Waals surface area (Å²) >= 11 is 0. The van der Waals surface area contributed by atoms with Crippen LogP contribution in [-0.4, -0.2) is 33.0 Å². The molecule has 1 heterocycles. The second-order valence-corrected chi connectivity index (χ2v) is 9.51. The third kappa shape index (κ3) is 7.41. The highest BCUT2D eigenvalue weighted by Gasteiger charge is 2.16. The Hall–Kier alpha value is -3.68. The van der Waals surface area contributed by atoms with Gasteiger partial charge < -0.3 is 10.6 Å². The van der Waals surface area contributed by atoms with E-state index in [1.54, 1.807) is 24.3 Å². The summed E-state index contributed by atoms with van der Waals surface area (Å²) < 4.78 is 2.54. The molecule has 0 bridgehead atoms. The number of aryl methyl sites for hydroxylation is 1. The quantitative estimate of drug-likeness (QED) is 0.380. The number of nitrogens with one attached hydrogen (secondary N) is 2. The Morgan fingerprint density at radius 1 is 0.833 bits per heavy atom. The molecule has 192 valence electrons. The molecule has 2 aromatic carbocycles. The molecule has 0 aliphatic carbocycles. The van der Waals surface area contributed by atoms with Crippen molar-refractivity contribution in [3.05, 3.63) is 81.0 Å². The predicted molar refractivity (Wildman–Crippen MR) is 142 cm³/mol. The van der Waals surface area contributed by atoms with Gasteiger partial charge >= 0.3 is 5.69 Å². The number of nitrogens with zero attached hydrogens (tertiary/aromatic N) is 2. The number of fused-ring (bicyclic) bond motifs is 1. The fourth-order valence-corrected chi connectivity index (χ4v) is 4.23. The maximum atomic E-state index is 13.3. The normalized spacial score (nSPS) is 12.0. The maximum Gasteiger partial charge on any atom is 0.331 e. The zero-order valence-corrected chi connectivity index (χ0v) is 21.3. The van der Waals surface area contributed by atoms with Crippen molar-refractivity contribution in [1.82, 2.24) is 19.8 Å². The number of carbonyl (C=O) groups is 2. The summed E-state index contributed by atoms with van der Waals surface area (Å²) in [5.74, 6) is -0.329. The summed E-state index contributed by atoms with van der Waals surface area (Å²) in [7, 11) is 0. The number of hydrogen-bond acceptors (Lipinski definition) is 4. The van der Waals surface area contributed by atoms with E-state index >= 15 is 0 Å². The number of benzene rings is 2. The lowest BCUT2D eigenvalue weighted by molar-refractivity contribution is -0.123. The molecule has 1 aromatic heterocycles. The Morgan fingerprint density at radius 2 is 1.53 bits per heavy atom. The molecule has 3 aromatic rings. The van der Waals surface area contributed by atoms with Crippen LogP contribution < -0.4 is 21.9 Å². The summed E-state index contributed by atoms with van der Waals surface area (Å²) in [6, 6.07) is 16.9. The Balaban J connectivity index is 1.70. The number of unbranched alkanes of at least 4 members (excludes halogenated alkanes) is 1. The fourth-order valence-electron chi connectivity index (χ4n) is 4.23. The average molecular weight is 493 g/mol. The molecular weight excluding hydrogens is 456 g/mol. The van der Waals surface area contributed by atoms with Crippen LogP contribution in [-0.2, 0) is 29.1 Å². The number of para-hydroxylation sites is 1. The van der Waals surface area contributed by atoms with E-state index in [4.69, 9.17) is 0 Å². The lowest BCUT2D eigenvalue weighted by atomic mass is 10.1. The Morgan fingerprint density at radius 3 is 2.25 bits per heavy atom. The van der Waals surface area contributed by atoms with E-state index in [1.807, 2.05) is 39.0 Å². The lowest BCUT2D eigenvalue weighted by Gasteiger charge is -2.17. The third-order valence-electron chi connectivity index (χ3n) is 6.04. The van der Waals surface area contributed by atoms with Crippen LogP contribution in [0.3, 0.4) is 0 Å². The van der Waals surface area contributed by atoms with Crippen LogP contribution in [0, 0.1) is 0 Å². The highest BCUT2D eigenvalue weighted by molar-refractivity contribution is 5.81. The summed E-state index contributed by atoms with van der Waals surface area (Å²) in [5.41, 5.74) is 0.745. The second kappa shape index (κ2) is 12.9. The number of carbonyl (C=O) groups excluding carboxylic acids is 2. The molecular formula is C28H36N4O4. The fraction of sp³-hybridized carbons (Fsp3) is 0.429. The molecule has 8 heteroatoms. The topological polar surface area (TPSA) is 102 Å². The van der Waals surface area contributed by atoms with Crippen LogP contribution in [0.4, 0.5) is 0 Å². The van der Waals surface area contributed by atoms with Crippen molar-refractivity contribution < 1.29 is 9.59 Å². The molecule has 1 atom stereocenters. The second-order valence-electron chi connectivity index (χ2n) is 9.51. The van der Waals surface area contributed by atoms with E-state index in [-0.39, 0.29) is 42.5 Å². The minimum atomic E-state index is -0.516. The Kier molecular flexibility index (Phi) is 9.61. The van der Waals surface area contributed by atoms with Gasteiger partial charge in [-0.15, -0.1) is 0 Å². The number of aromatic nitrogens is 2. The van der Waals surface area contributed by atoms with Gasteiger partial charge in [0, 0.05) is 25.0 Å². The van der Waals surface area contributed by atoms with Gasteiger partial charge in [-0.1, -0.05) is 42.5 Å². The molecule has 0 saturated heterocycles. The van der Waals surface area contributed by atoms with Gasteiger partial charge in [0.1, 0.15) is 6.54 Å². The van der Waals surface area contributed by atoms with E-state index in [1.165, 1.54) is 14.7 Å². The highest BCUT2D eigenvalue weighted by Crippen LogP contribution is 2.09. The minimum Gasteiger partial charge on any atom is -0.354 e. The summed E-state index contributed by atoms with van der Waals surface area (Å²) in [5, 5.41) is 6.20. The van der Waals surface area contributed by atoms with E-state index < -0.39 is 5.69 Å². The van der Waals surface area contributed by atoms with Crippen LogP contribution >= 0.6 is 0 Å². The zero-order chi connectivity index (χ0) is 26.1. The van der Waals surface area contributed by atoms with E-state index in [9.17, 15) is 19.2 Å². The van der Waals surface area contributed by atoms with Gasteiger partial charge in [-0.2, -0.15) is 0 Å². The highest BCUT2D eigenvalue weighted by atomic mass is 16.2. The predicted octanol–water partition coefficient (Wildman–Crippen LogP) is 3.00. The zero-order valence-electron chi connectivity index (χ0n) is 21.3. The SMILES string of the molecule is CC(C)NC(=O)CCCCn1c(=O)c2ccccc2n(CC(=O)N[C@@H](C)CCc2ccccc2)c1=O.